The van der Waals surface area contributed by atoms with Crippen LogP contribution in [-0.2, 0) is 4.74 Å². The molecule has 0 unspecified atom stereocenters. The Balaban J connectivity index is 2.87. The minimum absolute atomic E-state index is 0.326. The molecule has 0 bridgehead atoms. The van der Waals surface area contributed by atoms with Gasteiger partial charge in [-0.15, -0.1) is 6.58 Å². The zero-order chi connectivity index (χ0) is 12.7. The van der Waals surface area contributed by atoms with Crippen molar-refractivity contribution in [2.24, 2.45) is 0 Å². The monoisotopic (exact) mass is 232 g/mol. The second kappa shape index (κ2) is 6.48. The van der Waals surface area contributed by atoms with Gasteiger partial charge in [0.25, 0.3) is 0 Å². The fourth-order valence-corrected chi connectivity index (χ4v) is 1.31. The van der Waals surface area contributed by atoms with Crippen LogP contribution in [0.1, 0.15) is 12.5 Å². The Morgan fingerprint density at radius 1 is 1.65 bits per heavy atom. The third-order valence-electron chi connectivity index (χ3n) is 2.12. The molecule has 90 valence electrons. The van der Waals surface area contributed by atoms with E-state index in [1.54, 1.807) is 31.5 Å². The molecule has 4 heteroatoms. The van der Waals surface area contributed by atoms with Gasteiger partial charge in [-0.25, -0.2) is 4.79 Å². The average Bonchev–Trinajstić information content (AvgIpc) is 2.36. The minimum atomic E-state index is -0.429. The molecule has 0 saturated carbocycles. The fraction of sp³-hybridized carbons (Fsp3) is 0.231. The van der Waals surface area contributed by atoms with E-state index in [0.717, 1.165) is 5.56 Å². The Bertz CT molecular complexity index is 401. The zero-order valence-electron chi connectivity index (χ0n) is 9.93. The first kappa shape index (κ1) is 13.0. The molecule has 1 amide bonds. The van der Waals surface area contributed by atoms with E-state index < -0.39 is 6.09 Å². The lowest BCUT2D eigenvalue weighted by molar-refractivity contribution is 0.128. The number of ether oxygens (including phenoxy) is 1. The molecule has 0 aliphatic heterocycles. The Morgan fingerprint density at radius 2 is 2.41 bits per heavy atom. The van der Waals surface area contributed by atoms with Gasteiger partial charge in [0.1, 0.15) is 0 Å². The van der Waals surface area contributed by atoms with E-state index in [4.69, 9.17) is 4.74 Å². The molecular weight excluding hydrogens is 216 g/mol. The number of carbonyl (C=O) groups excluding carboxylic acids is 1. The highest BCUT2D eigenvalue weighted by atomic mass is 16.6. The summed E-state index contributed by atoms with van der Waals surface area (Å²) in [5.74, 6) is 0. The van der Waals surface area contributed by atoms with E-state index in [0.29, 0.717) is 18.8 Å². The van der Waals surface area contributed by atoms with Crippen LogP contribution in [0.15, 0.2) is 43.8 Å². The van der Waals surface area contributed by atoms with Gasteiger partial charge in [-0.05, 0) is 19.1 Å². The number of rotatable bonds is 5. The molecule has 0 fully saturated rings. The van der Waals surface area contributed by atoms with Crippen LogP contribution in [-0.4, -0.2) is 29.1 Å². The Morgan fingerprint density at radius 3 is 2.94 bits per heavy atom. The molecule has 0 spiro atoms. The SMILES string of the molecule is C=CCN(C(=C)c1cccnc1)C(=O)OCC. The molecule has 0 aliphatic rings. The normalized spacial score (nSPS) is 9.47. The number of aromatic nitrogens is 1. The number of pyridine rings is 1. The summed E-state index contributed by atoms with van der Waals surface area (Å²) in [6.45, 7) is 9.94. The van der Waals surface area contributed by atoms with Gasteiger partial charge < -0.3 is 4.74 Å². The smallest absolute Gasteiger partial charge is 0.414 e. The average molecular weight is 232 g/mol. The predicted octanol–water partition coefficient (Wildman–Crippen LogP) is 2.70. The lowest BCUT2D eigenvalue weighted by atomic mass is 10.2. The van der Waals surface area contributed by atoms with Crippen molar-refractivity contribution in [3.05, 3.63) is 49.3 Å². The van der Waals surface area contributed by atoms with Gasteiger partial charge in [-0.3, -0.25) is 9.88 Å². The summed E-state index contributed by atoms with van der Waals surface area (Å²) in [5, 5.41) is 0. The molecule has 0 saturated heterocycles. The zero-order valence-corrected chi connectivity index (χ0v) is 9.93. The number of hydrogen-bond donors (Lipinski definition) is 0. The van der Waals surface area contributed by atoms with Crippen LogP contribution < -0.4 is 0 Å². The van der Waals surface area contributed by atoms with Crippen molar-refractivity contribution in [3.63, 3.8) is 0 Å². The summed E-state index contributed by atoms with van der Waals surface area (Å²) in [6.07, 6.45) is 4.51. The molecule has 0 aliphatic carbocycles. The summed E-state index contributed by atoms with van der Waals surface area (Å²) in [5.41, 5.74) is 1.33. The molecule has 1 aromatic heterocycles. The van der Waals surface area contributed by atoms with Gasteiger partial charge in [-0.2, -0.15) is 0 Å². The Hall–Kier alpha value is -2.10. The summed E-state index contributed by atoms with van der Waals surface area (Å²) >= 11 is 0. The molecule has 0 aromatic carbocycles. The van der Waals surface area contributed by atoms with Crippen molar-refractivity contribution >= 4 is 11.8 Å². The van der Waals surface area contributed by atoms with Gasteiger partial charge in [0.15, 0.2) is 0 Å². The highest BCUT2D eigenvalue weighted by Gasteiger charge is 2.17. The van der Waals surface area contributed by atoms with Crippen LogP contribution in [0.2, 0.25) is 0 Å². The van der Waals surface area contributed by atoms with Gasteiger partial charge in [0.05, 0.1) is 6.61 Å². The van der Waals surface area contributed by atoms with Gasteiger partial charge in [0, 0.05) is 30.2 Å². The van der Waals surface area contributed by atoms with Gasteiger partial charge in [0.2, 0.25) is 0 Å². The summed E-state index contributed by atoms with van der Waals surface area (Å²) in [4.78, 5) is 17.1. The largest absolute Gasteiger partial charge is 0.449 e. The lowest BCUT2D eigenvalue weighted by Gasteiger charge is -2.22. The van der Waals surface area contributed by atoms with Crippen molar-refractivity contribution in [2.45, 2.75) is 6.92 Å². The molecule has 1 aromatic rings. The van der Waals surface area contributed by atoms with E-state index in [2.05, 4.69) is 18.1 Å². The molecule has 1 heterocycles. The molecule has 0 atom stereocenters. The maximum atomic E-state index is 11.7. The first-order valence-electron chi connectivity index (χ1n) is 5.35. The number of hydrogen-bond acceptors (Lipinski definition) is 3. The van der Waals surface area contributed by atoms with E-state index in [1.165, 1.54) is 4.90 Å². The van der Waals surface area contributed by atoms with Crippen LogP contribution in [0, 0.1) is 0 Å². The number of amides is 1. The van der Waals surface area contributed by atoms with Crippen LogP contribution in [0.4, 0.5) is 4.79 Å². The standard InChI is InChI=1S/C13H16N2O2/c1-4-9-15(13(16)17-5-2)11(3)12-7-6-8-14-10-12/h4,6-8,10H,1,3,5,9H2,2H3. The van der Waals surface area contributed by atoms with Crippen LogP contribution in [0.5, 0.6) is 0 Å². The Kier molecular flexibility index (Phi) is 4.94. The van der Waals surface area contributed by atoms with Gasteiger partial charge in [-0.1, -0.05) is 12.7 Å². The van der Waals surface area contributed by atoms with Crippen molar-refractivity contribution in [3.8, 4) is 0 Å². The van der Waals surface area contributed by atoms with Crippen molar-refractivity contribution in [2.75, 3.05) is 13.2 Å². The molecule has 0 radical (unpaired) electrons. The van der Waals surface area contributed by atoms with Crippen LogP contribution >= 0.6 is 0 Å². The molecule has 17 heavy (non-hydrogen) atoms. The van der Waals surface area contributed by atoms with Gasteiger partial charge >= 0.3 is 6.09 Å². The van der Waals surface area contributed by atoms with E-state index in [9.17, 15) is 4.79 Å². The van der Waals surface area contributed by atoms with Crippen molar-refractivity contribution in [1.29, 1.82) is 0 Å². The lowest BCUT2D eigenvalue weighted by Crippen LogP contribution is -2.30. The maximum absolute atomic E-state index is 11.7. The minimum Gasteiger partial charge on any atom is -0.449 e. The molecular formula is C13H16N2O2. The van der Waals surface area contributed by atoms with E-state index in [1.807, 2.05) is 6.07 Å². The number of nitrogens with zero attached hydrogens (tertiary/aromatic N) is 2. The van der Waals surface area contributed by atoms with Crippen molar-refractivity contribution < 1.29 is 9.53 Å². The third-order valence-corrected chi connectivity index (χ3v) is 2.12. The second-order valence-electron chi connectivity index (χ2n) is 3.29. The molecule has 1 rings (SSSR count). The predicted molar refractivity (Wildman–Crippen MR) is 67.2 cm³/mol. The first-order valence-corrected chi connectivity index (χ1v) is 5.35. The summed E-state index contributed by atoms with van der Waals surface area (Å²) in [6, 6.07) is 3.63. The van der Waals surface area contributed by atoms with Crippen LogP contribution in [0.25, 0.3) is 5.70 Å². The molecule has 4 nitrogen and oxygen atoms in total. The fourth-order valence-electron chi connectivity index (χ4n) is 1.31. The highest BCUT2D eigenvalue weighted by molar-refractivity contribution is 5.81. The third kappa shape index (κ3) is 3.45. The molecule has 0 N–H and O–H groups in total. The number of carbonyl (C=O) groups is 1. The van der Waals surface area contributed by atoms with Crippen LogP contribution in [0.3, 0.4) is 0 Å². The van der Waals surface area contributed by atoms with Crippen molar-refractivity contribution in [1.82, 2.24) is 9.88 Å². The van der Waals surface area contributed by atoms with E-state index >= 15 is 0 Å². The van der Waals surface area contributed by atoms with E-state index in [-0.39, 0.29) is 0 Å². The first-order chi connectivity index (χ1) is 8.20. The quantitative estimate of drug-likeness (QED) is 0.733. The maximum Gasteiger partial charge on any atom is 0.414 e. The highest BCUT2D eigenvalue weighted by Crippen LogP contribution is 2.17. The summed E-state index contributed by atoms with van der Waals surface area (Å²) < 4.78 is 4.96. The second-order valence-corrected chi connectivity index (χ2v) is 3.29. The Labute approximate surface area is 101 Å². The summed E-state index contributed by atoms with van der Waals surface area (Å²) in [7, 11) is 0. The topological polar surface area (TPSA) is 42.4 Å².